The largest absolute Gasteiger partial charge is 0.198 e. The van der Waals surface area contributed by atoms with E-state index in [9.17, 15) is 0 Å². The van der Waals surface area contributed by atoms with E-state index >= 15 is 0 Å². The summed E-state index contributed by atoms with van der Waals surface area (Å²) in [5, 5.41) is 8.16. The van der Waals surface area contributed by atoms with Gasteiger partial charge in [0.1, 0.15) is 0 Å². The maximum absolute atomic E-state index is 8.16. The van der Waals surface area contributed by atoms with Crippen LogP contribution in [0.25, 0.3) is 0 Å². The van der Waals surface area contributed by atoms with Crippen LogP contribution in [0.4, 0.5) is 0 Å². The van der Waals surface area contributed by atoms with Gasteiger partial charge in [-0.3, -0.25) is 0 Å². The molecule has 0 radical (unpaired) electrons. The van der Waals surface area contributed by atoms with Gasteiger partial charge in [-0.2, -0.15) is 17.9 Å². The summed E-state index contributed by atoms with van der Waals surface area (Å²) in [5.74, 6) is 0.979. The minimum absolute atomic E-state index is 0.715. The molecular weight excluding hydrogens is 130 g/mol. The number of unbranched alkanes of at least 4 members (excludes halogenated alkanes) is 4. The third kappa shape index (κ3) is 7.84. The Morgan fingerprint density at radius 1 is 1.11 bits per heavy atom. The molecule has 0 spiro atoms. The van der Waals surface area contributed by atoms with Crippen molar-refractivity contribution in [3.05, 3.63) is 0 Å². The van der Waals surface area contributed by atoms with E-state index in [0.29, 0.717) is 6.42 Å². The molecule has 0 saturated carbocycles. The number of hydrogen-bond acceptors (Lipinski definition) is 2. The molecule has 0 bridgehead atoms. The van der Waals surface area contributed by atoms with Crippen LogP contribution < -0.4 is 0 Å². The Labute approximate surface area is 62.5 Å². The van der Waals surface area contributed by atoms with E-state index in [1.807, 2.05) is 0 Å². The van der Waals surface area contributed by atoms with Crippen LogP contribution in [0.2, 0.25) is 0 Å². The fourth-order valence-corrected chi connectivity index (χ4v) is 0.893. The Kier molecular flexibility index (Phi) is 7.70. The van der Waals surface area contributed by atoms with Gasteiger partial charge in [-0.15, -0.1) is 0 Å². The molecule has 9 heavy (non-hydrogen) atoms. The van der Waals surface area contributed by atoms with Crippen LogP contribution in [0.5, 0.6) is 0 Å². The van der Waals surface area contributed by atoms with Gasteiger partial charge in [-0.25, -0.2) is 0 Å². The van der Waals surface area contributed by atoms with Crippen LogP contribution in [0.3, 0.4) is 0 Å². The summed E-state index contributed by atoms with van der Waals surface area (Å²) < 4.78 is 0. The second-order valence-electron chi connectivity index (χ2n) is 2.05. The number of hydrogen-bond donors (Lipinski definition) is 1. The zero-order valence-electron chi connectivity index (χ0n) is 5.64. The molecule has 0 fully saturated rings. The summed E-state index contributed by atoms with van der Waals surface area (Å²) in [6, 6.07) is 2.13. The monoisotopic (exact) mass is 143 g/mol. The minimum Gasteiger partial charge on any atom is -0.198 e. The molecule has 0 rings (SSSR count). The van der Waals surface area contributed by atoms with Crippen LogP contribution in [0.1, 0.15) is 32.1 Å². The van der Waals surface area contributed by atoms with Crippen molar-refractivity contribution in [2.75, 3.05) is 5.75 Å². The van der Waals surface area contributed by atoms with Crippen molar-refractivity contribution < 1.29 is 0 Å². The van der Waals surface area contributed by atoms with Crippen molar-refractivity contribution in [3.63, 3.8) is 0 Å². The summed E-state index contributed by atoms with van der Waals surface area (Å²) in [6.07, 6.45) is 5.38. The third-order valence-electron chi connectivity index (χ3n) is 1.20. The number of thiol groups is 1. The average Bonchev–Trinajstić information content (AvgIpc) is 1.89. The molecule has 52 valence electrons. The van der Waals surface area contributed by atoms with Gasteiger partial charge in [0.05, 0.1) is 6.07 Å². The Morgan fingerprint density at radius 3 is 2.33 bits per heavy atom. The topological polar surface area (TPSA) is 23.8 Å². The first-order valence-electron chi connectivity index (χ1n) is 3.39. The molecule has 0 unspecified atom stereocenters. The standard InChI is InChI=1S/C7H13NS/c8-6-4-2-1-3-5-7-9/h9H,1-5,7H2. The van der Waals surface area contributed by atoms with Gasteiger partial charge >= 0.3 is 0 Å². The lowest BCUT2D eigenvalue weighted by Gasteiger charge is -1.92. The first-order chi connectivity index (χ1) is 4.41. The van der Waals surface area contributed by atoms with Crippen LogP contribution in [-0.2, 0) is 0 Å². The number of nitriles is 1. The lowest BCUT2D eigenvalue weighted by atomic mass is 10.2. The van der Waals surface area contributed by atoms with Gasteiger partial charge < -0.3 is 0 Å². The van der Waals surface area contributed by atoms with Crippen molar-refractivity contribution in [3.8, 4) is 6.07 Å². The normalized spacial score (nSPS) is 8.89. The van der Waals surface area contributed by atoms with Crippen molar-refractivity contribution in [2.24, 2.45) is 0 Å². The molecule has 0 heterocycles. The van der Waals surface area contributed by atoms with Crippen molar-refractivity contribution >= 4 is 12.6 Å². The van der Waals surface area contributed by atoms with E-state index in [1.165, 1.54) is 19.3 Å². The minimum atomic E-state index is 0.715. The lowest BCUT2D eigenvalue weighted by Crippen LogP contribution is -1.77. The second-order valence-corrected chi connectivity index (χ2v) is 2.49. The molecule has 0 atom stereocenters. The maximum atomic E-state index is 8.16. The van der Waals surface area contributed by atoms with Crippen molar-refractivity contribution in [1.82, 2.24) is 0 Å². The quantitative estimate of drug-likeness (QED) is 0.463. The van der Waals surface area contributed by atoms with E-state index in [2.05, 4.69) is 18.7 Å². The molecule has 0 aromatic carbocycles. The van der Waals surface area contributed by atoms with Crippen LogP contribution in [0, 0.1) is 11.3 Å². The van der Waals surface area contributed by atoms with Gasteiger partial charge in [0, 0.05) is 6.42 Å². The number of rotatable bonds is 5. The SMILES string of the molecule is N#CCCCCCCS. The molecule has 1 nitrogen and oxygen atoms in total. The molecule has 0 aliphatic heterocycles. The van der Waals surface area contributed by atoms with Gasteiger partial charge in [-0.1, -0.05) is 12.8 Å². The van der Waals surface area contributed by atoms with E-state index in [4.69, 9.17) is 5.26 Å². The highest BCUT2D eigenvalue weighted by molar-refractivity contribution is 7.80. The fourth-order valence-electron chi connectivity index (χ4n) is 0.669. The summed E-state index contributed by atoms with van der Waals surface area (Å²) in [5.41, 5.74) is 0. The average molecular weight is 143 g/mol. The first kappa shape index (κ1) is 8.84. The first-order valence-corrected chi connectivity index (χ1v) is 4.03. The molecule has 0 aromatic rings. The van der Waals surface area contributed by atoms with Crippen molar-refractivity contribution in [1.29, 1.82) is 5.26 Å². The summed E-state index contributed by atoms with van der Waals surface area (Å²) >= 11 is 4.08. The lowest BCUT2D eigenvalue weighted by molar-refractivity contribution is 0.682. The van der Waals surface area contributed by atoms with E-state index in [-0.39, 0.29) is 0 Å². The zero-order chi connectivity index (χ0) is 6.95. The third-order valence-corrected chi connectivity index (χ3v) is 1.51. The number of nitrogens with zero attached hydrogens (tertiary/aromatic N) is 1. The van der Waals surface area contributed by atoms with Crippen LogP contribution in [0.15, 0.2) is 0 Å². The fraction of sp³-hybridized carbons (Fsp3) is 0.857. The van der Waals surface area contributed by atoms with Crippen LogP contribution >= 0.6 is 12.6 Å². The summed E-state index contributed by atoms with van der Waals surface area (Å²) in [4.78, 5) is 0. The van der Waals surface area contributed by atoms with Crippen molar-refractivity contribution in [2.45, 2.75) is 32.1 Å². The molecule has 2 heteroatoms. The predicted molar refractivity (Wildman–Crippen MR) is 42.6 cm³/mol. The van der Waals surface area contributed by atoms with Gasteiger partial charge in [0.25, 0.3) is 0 Å². The van der Waals surface area contributed by atoms with Gasteiger partial charge in [-0.05, 0) is 18.6 Å². The molecular formula is C7H13NS. The summed E-state index contributed by atoms with van der Waals surface area (Å²) in [7, 11) is 0. The Morgan fingerprint density at radius 2 is 1.78 bits per heavy atom. The smallest absolute Gasteiger partial charge is 0.0621 e. The van der Waals surface area contributed by atoms with E-state index in [1.54, 1.807) is 0 Å². The molecule has 0 amide bonds. The Bertz CT molecular complexity index is 85.4. The van der Waals surface area contributed by atoms with Gasteiger partial charge in [0.15, 0.2) is 0 Å². The Hall–Kier alpha value is -0.160. The van der Waals surface area contributed by atoms with Crippen LogP contribution in [-0.4, -0.2) is 5.75 Å². The predicted octanol–water partition coefficient (Wildman–Crippen LogP) is 2.39. The van der Waals surface area contributed by atoms with E-state index < -0.39 is 0 Å². The highest BCUT2D eigenvalue weighted by atomic mass is 32.1. The highest BCUT2D eigenvalue weighted by Crippen LogP contribution is 2.02. The molecule has 0 N–H and O–H groups in total. The molecule has 0 aliphatic carbocycles. The molecule has 0 aromatic heterocycles. The zero-order valence-corrected chi connectivity index (χ0v) is 6.53. The Balaban J connectivity index is 2.69. The second kappa shape index (κ2) is 7.84. The van der Waals surface area contributed by atoms with E-state index in [0.717, 1.165) is 12.2 Å². The summed E-state index contributed by atoms with van der Waals surface area (Å²) in [6.45, 7) is 0. The maximum Gasteiger partial charge on any atom is 0.0621 e. The van der Waals surface area contributed by atoms with Gasteiger partial charge in [0.2, 0.25) is 0 Å². The highest BCUT2D eigenvalue weighted by Gasteiger charge is 1.86. The molecule has 0 saturated heterocycles. The molecule has 0 aliphatic rings.